The summed E-state index contributed by atoms with van der Waals surface area (Å²) in [4.78, 5) is 0. The van der Waals surface area contributed by atoms with Crippen LogP contribution in [0.4, 0.5) is 0 Å². The summed E-state index contributed by atoms with van der Waals surface area (Å²) in [5.41, 5.74) is 4.79. The van der Waals surface area contributed by atoms with Gasteiger partial charge in [-0.25, -0.2) is 0 Å². The van der Waals surface area contributed by atoms with Gasteiger partial charge in [-0.15, -0.1) is 0 Å². The summed E-state index contributed by atoms with van der Waals surface area (Å²) in [6, 6.07) is 6.55. The second-order valence-electron chi connectivity index (χ2n) is 6.33. The zero-order valence-electron chi connectivity index (χ0n) is 14.2. The van der Waals surface area contributed by atoms with Crippen molar-refractivity contribution >= 4 is 5.71 Å². The molecule has 0 aromatic heterocycles. The molecule has 1 aromatic carbocycles. The highest BCUT2D eigenvalue weighted by atomic mass is 16.5. The molecule has 2 rings (SSSR count). The monoisotopic (exact) mass is 303 g/mol. The molecule has 0 atom stereocenters. The fraction of sp³-hybridized carbons (Fsp3) is 0.632. The van der Waals surface area contributed by atoms with Gasteiger partial charge in [0.2, 0.25) is 0 Å². The van der Waals surface area contributed by atoms with Crippen molar-refractivity contribution in [3.05, 3.63) is 34.9 Å². The number of nitrogens with zero attached hydrogens (tertiary/aromatic N) is 1. The molecule has 1 saturated carbocycles. The zero-order chi connectivity index (χ0) is 16.0. The molecular formula is C19H29NO2. The largest absolute Gasteiger partial charge is 0.411 e. The van der Waals surface area contributed by atoms with Gasteiger partial charge in [-0.1, -0.05) is 43.6 Å². The van der Waals surface area contributed by atoms with Crippen LogP contribution < -0.4 is 0 Å². The van der Waals surface area contributed by atoms with E-state index in [0.717, 1.165) is 57.3 Å². The maximum absolute atomic E-state index is 9.05. The molecule has 3 nitrogen and oxygen atoms in total. The minimum atomic E-state index is -0.208. The highest BCUT2D eigenvalue weighted by Crippen LogP contribution is 2.43. The van der Waals surface area contributed by atoms with Crippen LogP contribution in [0.1, 0.15) is 69.1 Å². The Hall–Kier alpha value is -1.35. The van der Waals surface area contributed by atoms with Gasteiger partial charge in [-0.2, -0.15) is 0 Å². The molecule has 0 spiro atoms. The van der Waals surface area contributed by atoms with Crippen LogP contribution in [0, 0.1) is 6.92 Å². The molecule has 1 fully saturated rings. The molecule has 0 heterocycles. The number of rotatable bonds is 6. The van der Waals surface area contributed by atoms with Crippen molar-refractivity contribution in [2.45, 2.75) is 71.3 Å². The van der Waals surface area contributed by atoms with E-state index < -0.39 is 0 Å². The van der Waals surface area contributed by atoms with E-state index >= 15 is 0 Å². The average molecular weight is 303 g/mol. The summed E-state index contributed by atoms with van der Waals surface area (Å²) in [6.07, 6.45) is 6.73. The van der Waals surface area contributed by atoms with Crippen molar-refractivity contribution in [2.24, 2.45) is 5.16 Å². The Kier molecular flexibility index (Phi) is 6.01. The molecule has 0 unspecified atom stereocenters. The summed E-state index contributed by atoms with van der Waals surface area (Å²) < 4.78 is 6.48. The van der Waals surface area contributed by atoms with Gasteiger partial charge in [-0.05, 0) is 62.1 Å². The molecule has 1 N–H and O–H groups in total. The number of aryl methyl sites for hydroxylation is 2. The fourth-order valence-electron chi connectivity index (χ4n) is 3.60. The third kappa shape index (κ3) is 3.52. The van der Waals surface area contributed by atoms with E-state index in [1.54, 1.807) is 0 Å². The minimum absolute atomic E-state index is 0.208. The average Bonchev–Trinajstić information content (AvgIpc) is 2.55. The third-order valence-electron chi connectivity index (χ3n) is 4.85. The van der Waals surface area contributed by atoms with E-state index in [4.69, 9.17) is 9.94 Å². The molecule has 1 aliphatic carbocycles. The molecule has 122 valence electrons. The van der Waals surface area contributed by atoms with Crippen LogP contribution in [-0.2, 0) is 16.8 Å². The van der Waals surface area contributed by atoms with E-state index in [2.05, 4.69) is 44.1 Å². The normalized spacial score (nSPS) is 21.9. The second-order valence-corrected chi connectivity index (χ2v) is 6.33. The first-order valence-electron chi connectivity index (χ1n) is 8.59. The Morgan fingerprint density at radius 2 is 1.95 bits per heavy atom. The van der Waals surface area contributed by atoms with Crippen molar-refractivity contribution in [2.75, 3.05) is 6.61 Å². The van der Waals surface area contributed by atoms with Gasteiger partial charge in [0.1, 0.15) is 0 Å². The van der Waals surface area contributed by atoms with Crippen molar-refractivity contribution < 1.29 is 9.94 Å². The molecule has 0 aliphatic heterocycles. The van der Waals surface area contributed by atoms with Crippen LogP contribution in [0.2, 0.25) is 0 Å². The Morgan fingerprint density at radius 1 is 1.23 bits per heavy atom. The predicted molar refractivity (Wildman–Crippen MR) is 90.8 cm³/mol. The van der Waals surface area contributed by atoms with Crippen LogP contribution in [0.15, 0.2) is 23.4 Å². The van der Waals surface area contributed by atoms with E-state index in [9.17, 15) is 0 Å². The number of benzene rings is 1. The summed E-state index contributed by atoms with van der Waals surface area (Å²) >= 11 is 0. The molecular weight excluding hydrogens is 274 g/mol. The lowest BCUT2D eigenvalue weighted by Gasteiger charge is -2.40. The summed E-state index contributed by atoms with van der Waals surface area (Å²) in [7, 11) is 0. The first-order chi connectivity index (χ1) is 10.7. The number of hydrogen-bond donors (Lipinski definition) is 1. The maximum Gasteiger partial charge on any atom is 0.0943 e. The smallest absolute Gasteiger partial charge is 0.0943 e. The number of ether oxygens (including phenoxy) is 1. The van der Waals surface area contributed by atoms with Crippen LogP contribution >= 0.6 is 0 Å². The quantitative estimate of drug-likeness (QED) is 0.458. The fourth-order valence-corrected chi connectivity index (χ4v) is 3.60. The van der Waals surface area contributed by atoms with Crippen molar-refractivity contribution in [3.8, 4) is 0 Å². The molecule has 1 aliphatic rings. The molecule has 0 radical (unpaired) electrons. The van der Waals surface area contributed by atoms with Gasteiger partial charge in [0, 0.05) is 6.61 Å². The Morgan fingerprint density at radius 3 is 2.55 bits per heavy atom. The zero-order valence-corrected chi connectivity index (χ0v) is 14.2. The summed E-state index contributed by atoms with van der Waals surface area (Å²) in [6.45, 7) is 7.40. The van der Waals surface area contributed by atoms with Gasteiger partial charge < -0.3 is 9.94 Å². The molecule has 0 saturated heterocycles. The standard InChI is InChI=1S/C19H29NO2/c1-4-6-14-22-19(12-10-17(20-21)11-13-19)18-15(3)8-7-9-16(18)5-2/h7-9,21H,4-6,10-14H2,1-3H3. The van der Waals surface area contributed by atoms with Gasteiger partial charge in [-0.3, -0.25) is 0 Å². The van der Waals surface area contributed by atoms with E-state index in [-0.39, 0.29) is 5.60 Å². The number of unbranched alkanes of at least 4 members (excludes halogenated alkanes) is 1. The van der Waals surface area contributed by atoms with Gasteiger partial charge in [0.05, 0.1) is 11.3 Å². The van der Waals surface area contributed by atoms with Crippen molar-refractivity contribution in [3.63, 3.8) is 0 Å². The lowest BCUT2D eigenvalue weighted by Crippen LogP contribution is -2.37. The van der Waals surface area contributed by atoms with Crippen LogP contribution in [0.25, 0.3) is 0 Å². The Bertz CT molecular complexity index is 512. The first kappa shape index (κ1) is 17.0. The van der Waals surface area contributed by atoms with Crippen LogP contribution in [0.3, 0.4) is 0 Å². The lowest BCUT2D eigenvalue weighted by molar-refractivity contribution is -0.0673. The van der Waals surface area contributed by atoms with Crippen LogP contribution in [-0.4, -0.2) is 17.5 Å². The van der Waals surface area contributed by atoms with Crippen LogP contribution in [0.5, 0.6) is 0 Å². The highest BCUT2D eigenvalue weighted by Gasteiger charge is 2.39. The highest BCUT2D eigenvalue weighted by molar-refractivity contribution is 5.85. The molecule has 22 heavy (non-hydrogen) atoms. The van der Waals surface area contributed by atoms with Gasteiger partial charge in [0.25, 0.3) is 0 Å². The molecule has 1 aromatic rings. The Balaban J connectivity index is 2.36. The third-order valence-corrected chi connectivity index (χ3v) is 4.85. The minimum Gasteiger partial charge on any atom is -0.411 e. The first-order valence-corrected chi connectivity index (χ1v) is 8.59. The molecule has 3 heteroatoms. The lowest BCUT2D eigenvalue weighted by atomic mass is 9.75. The molecule has 0 bridgehead atoms. The van der Waals surface area contributed by atoms with Crippen molar-refractivity contribution in [1.29, 1.82) is 0 Å². The van der Waals surface area contributed by atoms with Gasteiger partial charge >= 0.3 is 0 Å². The number of oxime groups is 1. The maximum atomic E-state index is 9.05. The second kappa shape index (κ2) is 7.77. The van der Waals surface area contributed by atoms with Crippen molar-refractivity contribution in [1.82, 2.24) is 0 Å². The summed E-state index contributed by atoms with van der Waals surface area (Å²) in [5, 5.41) is 12.5. The summed E-state index contributed by atoms with van der Waals surface area (Å²) in [5.74, 6) is 0. The molecule has 0 amide bonds. The van der Waals surface area contributed by atoms with E-state index in [1.165, 1.54) is 16.7 Å². The van der Waals surface area contributed by atoms with E-state index in [0.29, 0.717) is 0 Å². The van der Waals surface area contributed by atoms with E-state index in [1.807, 2.05) is 0 Å². The SMILES string of the molecule is CCCCOC1(c2c(C)cccc2CC)CCC(=NO)CC1. The Labute approximate surface area is 134 Å². The predicted octanol–water partition coefficient (Wildman–Crippen LogP) is 4.97. The van der Waals surface area contributed by atoms with Gasteiger partial charge in [0.15, 0.2) is 0 Å². The number of hydrogen-bond acceptors (Lipinski definition) is 3. The topological polar surface area (TPSA) is 41.8 Å².